The summed E-state index contributed by atoms with van der Waals surface area (Å²) in [6.07, 6.45) is 2.42. The number of aliphatic hydroxyl groups excluding tert-OH is 1. The Hall–Kier alpha value is -1.72. The van der Waals surface area contributed by atoms with Crippen LogP contribution >= 0.6 is 11.6 Å². The molecule has 1 aromatic carbocycles. The van der Waals surface area contributed by atoms with Crippen LogP contribution in [0.3, 0.4) is 0 Å². The summed E-state index contributed by atoms with van der Waals surface area (Å²) in [7, 11) is 4.96. The third-order valence-corrected chi connectivity index (χ3v) is 3.72. The fourth-order valence-corrected chi connectivity index (χ4v) is 2.52. The van der Waals surface area contributed by atoms with Crippen LogP contribution in [0.4, 0.5) is 0 Å². The first-order valence-corrected chi connectivity index (χ1v) is 7.01. The first-order chi connectivity index (χ1) is 10.1. The van der Waals surface area contributed by atoms with Crippen LogP contribution in [0.25, 0.3) is 0 Å². The summed E-state index contributed by atoms with van der Waals surface area (Å²) in [5.74, 6) is 0.987. The maximum absolute atomic E-state index is 10.3. The summed E-state index contributed by atoms with van der Waals surface area (Å²) >= 11 is 6.15. The van der Waals surface area contributed by atoms with Crippen molar-refractivity contribution in [2.45, 2.75) is 18.9 Å². The summed E-state index contributed by atoms with van der Waals surface area (Å²) in [5, 5.41) is 14.9. The van der Waals surface area contributed by atoms with Gasteiger partial charge in [0, 0.05) is 18.9 Å². The topological polar surface area (TPSA) is 56.5 Å². The van der Waals surface area contributed by atoms with E-state index in [-0.39, 0.29) is 0 Å². The van der Waals surface area contributed by atoms with Gasteiger partial charge in [0.05, 0.1) is 25.3 Å². The Balaban J connectivity index is 2.13. The molecule has 1 N–H and O–H groups in total. The number of hydrogen-bond donors (Lipinski definition) is 1. The first-order valence-electron chi connectivity index (χ1n) is 6.63. The van der Waals surface area contributed by atoms with E-state index in [1.54, 1.807) is 30.1 Å². The molecule has 0 spiro atoms. The molecule has 114 valence electrons. The van der Waals surface area contributed by atoms with E-state index in [0.717, 1.165) is 12.1 Å². The summed E-state index contributed by atoms with van der Waals surface area (Å²) < 4.78 is 12.2. The van der Waals surface area contributed by atoms with E-state index in [1.165, 1.54) is 7.11 Å². The molecule has 21 heavy (non-hydrogen) atoms. The summed E-state index contributed by atoms with van der Waals surface area (Å²) in [4.78, 5) is 0. The van der Waals surface area contributed by atoms with Gasteiger partial charge in [0.15, 0.2) is 11.5 Å². The van der Waals surface area contributed by atoms with Crippen molar-refractivity contribution >= 4 is 11.6 Å². The second-order valence-electron chi connectivity index (χ2n) is 4.74. The zero-order chi connectivity index (χ0) is 15.4. The normalized spacial score (nSPS) is 12.2. The zero-order valence-corrected chi connectivity index (χ0v) is 13.1. The van der Waals surface area contributed by atoms with Gasteiger partial charge in [-0.05, 0) is 36.6 Å². The zero-order valence-electron chi connectivity index (χ0n) is 12.3. The third-order valence-electron chi connectivity index (χ3n) is 3.44. The molecule has 6 heteroatoms. The molecule has 2 aromatic rings. The minimum absolute atomic E-state index is 0.423. The second kappa shape index (κ2) is 6.83. The van der Waals surface area contributed by atoms with Gasteiger partial charge in [0.25, 0.3) is 0 Å². The highest BCUT2D eigenvalue weighted by atomic mass is 35.5. The number of nitrogens with zero attached hydrogens (tertiary/aromatic N) is 2. The molecule has 0 saturated carbocycles. The molecular weight excluding hydrogens is 292 g/mol. The Morgan fingerprint density at radius 2 is 2.10 bits per heavy atom. The molecule has 1 atom stereocenters. The number of methoxy groups -OCH3 is 2. The Morgan fingerprint density at radius 1 is 1.33 bits per heavy atom. The highest BCUT2D eigenvalue weighted by Crippen LogP contribution is 2.38. The van der Waals surface area contributed by atoms with E-state index in [4.69, 9.17) is 21.1 Å². The Kier molecular flexibility index (Phi) is 5.09. The number of benzene rings is 1. The van der Waals surface area contributed by atoms with Crippen LogP contribution in [0.2, 0.25) is 5.02 Å². The van der Waals surface area contributed by atoms with Crippen LogP contribution in [0.5, 0.6) is 11.5 Å². The lowest BCUT2D eigenvalue weighted by Crippen LogP contribution is -2.04. The molecule has 0 aliphatic rings. The fourth-order valence-electron chi connectivity index (χ4n) is 2.23. The number of ether oxygens (including phenoxy) is 2. The second-order valence-corrected chi connectivity index (χ2v) is 5.15. The highest BCUT2D eigenvalue weighted by Gasteiger charge is 2.16. The Labute approximate surface area is 129 Å². The van der Waals surface area contributed by atoms with Gasteiger partial charge >= 0.3 is 0 Å². The van der Waals surface area contributed by atoms with Crippen LogP contribution in [-0.4, -0.2) is 29.1 Å². The molecule has 0 aliphatic heterocycles. The molecule has 1 aromatic heterocycles. The van der Waals surface area contributed by atoms with Crippen molar-refractivity contribution in [3.8, 4) is 11.5 Å². The molecule has 1 unspecified atom stereocenters. The van der Waals surface area contributed by atoms with Crippen molar-refractivity contribution in [1.29, 1.82) is 0 Å². The minimum atomic E-state index is -0.628. The summed E-state index contributed by atoms with van der Waals surface area (Å²) in [6, 6.07) is 5.39. The average Bonchev–Trinajstić information content (AvgIpc) is 2.89. The third kappa shape index (κ3) is 3.49. The van der Waals surface area contributed by atoms with Gasteiger partial charge in [0.1, 0.15) is 0 Å². The van der Waals surface area contributed by atoms with Gasteiger partial charge in [-0.15, -0.1) is 0 Å². The number of rotatable bonds is 6. The van der Waals surface area contributed by atoms with Crippen LogP contribution in [0, 0.1) is 0 Å². The quantitative estimate of drug-likeness (QED) is 0.891. The molecule has 1 heterocycles. The minimum Gasteiger partial charge on any atom is -0.493 e. The molecule has 0 fully saturated rings. The molecule has 2 rings (SSSR count). The lowest BCUT2D eigenvalue weighted by atomic mass is 10.0. The van der Waals surface area contributed by atoms with Crippen molar-refractivity contribution in [2.75, 3.05) is 14.2 Å². The molecule has 0 bridgehead atoms. The highest BCUT2D eigenvalue weighted by molar-refractivity contribution is 6.32. The number of aromatic nitrogens is 2. The smallest absolute Gasteiger partial charge is 0.179 e. The van der Waals surface area contributed by atoms with E-state index >= 15 is 0 Å². The van der Waals surface area contributed by atoms with Crippen LogP contribution < -0.4 is 9.47 Å². The van der Waals surface area contributed by atoms with Gasteiger partial charge in [-0.25, -0.2) is 0 Å². The number of aliphatic hydroxyl groups is 1. The molecule has 0 amide bonds. The van der Waals surface area contributed by atoms with Gasteiger partial charge in [-0.2, -0.15) is 5.10 Å². The Bertz CT molecular complexity index is 613. The number of aryl methyl sites for hydroxylation is 2. The van der Waals surface area contributed by atoms with Crippen LogP contribution in [0.1, 0.15) is 23.8 Å². The Morgan fingerprint density at radius 3 is 2.67 bits per heavy atom. The van der Waals surface area contributed by atoms with Gasteiger partial charge in [0.2, 0.25) is 0 Å². The SMILES string of the molecule is COc1cc(C(O)CCc2ccnn2C)cc(Cl)c1OC. The molecule has 0 saturated heterocycles. The number of halogens is 1. The van der Waals surface area contributed by atoms with Crippen LogP contribution in [0.15, 0.2) is 24.4 Å². The number of hydrogen-bond acceptors (Lipinski definition) is 4. The van der Waals surface area contributed by atoms with E-state index in [9.17, 15) is 5.11 Å². The largest absolute Gasteiger partial charge is 0.493 e. The predicted molar refractivity (Wildman–Crippen MR) is 81.0 cm³/mol. The predicted octanol–water partition coefficient (Wildman–Crippen LogP) is 2.76. The fraction of sp³-hybridized carbons (Fsp3) is 0.400. The van der Waals surface area contributed by atoms with Crippen molar-refractivity contribution in [1.82, 2.24) is 9.78 Å². The van der Waals surface area contributed by atoms with Crippen LogP contribution in [-0.2, 0) is 13.5 Å². The van der Waals surface area contributed by atoms with E-state index in [0.29, 0.717) is 28.5 Å². The first kappa shape index (κ1) is 15.7. The molecule has 0 radical (unpaired) electrons. The van der Waals surface area contributed by atoms with Crippen molar-refractivity contribution in [2.24, 2.45) is 7.05 Å². The summed E-state index contributed by atoms with van der Waals surface area (Å²) in [6.45, 7) is 0. The van der Waals surface area contributed by atoms with Gasteiger partial charge in [-0.1, -0.05) is 11.6 Å². The van der Waals surface area contributed by atoms with Crippen molar-refractivity contribution < 1.29 is 14.6 Å². The molecular formula is C15H19ClN2O3. The average molecular weight is 311 g/mol. The van der Waals surface area contributed by atoms with Crippen molar-refractivity contribution in [3.05, 3.63) is 40.7 Å². The van der Waals surface area contributed by atoms with Gasteiger partial charge < -0.3 is 14.6 Å². The standard InChI is InChI=1S/C15H19ClN2O3/c1-18-11(6-7-17-18)4-5-13(19)10-8-12(16)15(21-3)14(9-10)20-2/h6-9,13,19H,4-5H2,1-3H3. The van der Waals surface area contributed by atoms with Gasteiger partial charge in [-0.3, -0.25) is 4.68 Å². The monoisotopic (exact) mass is 310 g/mol. The molecule has 0 aliphatic carbocycles. The van der Waals surface area contributed by atoms with Crippen molar-refractivity contribution in [3.63, 3.8) is 0 Å². The summed E-state index contributed by atoms with van der Waals surface area (Å²) in [5.41, 5.74) is 1.78. The van der Waals surface area contributed by atoms with E-state index in [1.807, 2.05) is 13.1 Å². The maximum Gasteiger partial charge on any atom is 0.179 e. The molecule has 5 nitrogen and oxygen atoms in total. The van der Waals surface area contributed by atoms with E-state index in [2.05, 4.69) is 5.10 Å². The lowest BCUT2D eigenvalue weighted by Gasteiger charge is -2.15. The lowest BCUT2D eigenvalue weighted by molar-refractivity contribution is 0.166. The maximum atomic E-state index is 10.3. The van der Waals surface area contributed by atoms with E-state index < -0.39 is 6.10 Å².